The van der Waals surface area contributed by atoms with Crippen LogP contribution in [0.15, 0.2) is 24.3 Å². The summed E-state index contributed by atoms with van der Waals surface area (Å²) in [5.74, 6) is 0.855. The molecule has 2 aromatic rings. The quantitative estimate of drug-likeness (QED) is 0.853. The Morgan fingerprint density at radius 2 is 2.17 bits per heavy atom. The maximum absolute atomic E-state index is 6.40. The van der Waals surface area contributed by atoms with E-state index in [1.165, 1.54) is 19.3 Å². The molecule has 0 radical (unpaired) electrons. The van der Waals surface area contributed by atoms with E-state index in [2.05, 4.69) is 29.4 Å². The molecule has 1 saturated carbocycles. The minimum atomic E-state index is 0.584. The predicted octanol–water partition coefficient (Wildman–Crippen LogP) is 4.10. The second kappa shape index (κ2) is 4.94. The van der Waals surface area contributed by atoms with Gasteiger partial charge < -0.3 is 10.3 Å². The summed E-state index contributed by atoms with van der Waals surface area (Å²) >= 11 is 6.40. The molecule has 1 aliphatic carbocycles. The molecular formula is C15H19ClN2. The van der Waals surface area contributed by atoms with Gasteiger partial charge in [-0.15, -0.1) is 0 Å². The lowest BCUT2D eigenvalue weighted by atomic mass is 9.80. The van der Waals surface area contributed by atoms with Gasteiger partial charge in [0.05, 0.1) is 5.02 Å². The van der Waals surface area contributed by atoms with Crippen molar-refractivity contribution in [3.05, 3.63) is 35.0 Å². The van der Waals surface area contributed by atoms with Crippen molar-refractivity contribution in [2.75, 3.05) is 0 Å². The number of nitrogens with one attached hydrogen (secondary N) is 2. The van der Waals surface area contributed by atoms with Gasteiger partial charge in [0.15, 0.2) is 0 Å². The number of hydrogen-bond acceptors (Lipinski definition) is 1. The van der Waals surface area contributed by atoms with E-state index in [9.17, 15) is 0 Å². The summed E-state index contributed by atoms with van der Waals surface area (Å²) < 4.78 is 0. The summed E-state index contributed by atoms with van der Waals surface area (Å²) in [6, 6.07) is 8.77. The van der Waals surface area contributed by atoms with E-state index in [1.54, 1.807) is 0 Å². The Morgan fingerprint density at radius 1 is 1.39 bits per heavy atom. The van der Waals surface area contributed by atoms with E-state index < -0.39 is 0 Å². The van der Waals surface area contributed by atoms with Gasteiger partial charge in [-0.25, -0.2) is 0 Å². The fourth-order valence-corrected chi connectivity index (χ4v) is 2.93. The molecule has 1 atom stereocenters. The molecule has 0 spiro atoms. The highest BCUT2D eigenvalue weighted by Gasteiger charge is 2.23. The normalized spacial score (nSPS) is 17.9. The standard InChI is InChI=1S/C15H19ClN2/c1-10(11-5-4-6-11)17-9-14-15(16)12-7-2-3-8-13(12)18-14/h2-3,7-8,10-11,17-18H,4-6,9H2,1H3. The first-order valence-corrected chi connectivity index (χ1v) is 7.12. The van der Waals surface area contributed by atoms with Crippen LogP contribution in [0.4, 0.5) is 0 Å². The molecule has 3 rings (SSSR count). The lowest BCUT2D eigenvalue weighted by Crippen LogP contribution is -2.36. The molecule has 0 amide bonds. The number of halogens is 1. The molecule has 96 valence electrons. The fourth-order valence-electron chi connectivity index (χ4n) is 2.65. The van der Waals surface area contributed by atoms with E-state index in [0.29, 0.717) is 6.04 Å². The molecular weight excluding hydrogens is 244 g/mol. The minimum Gasteiger partial charge on any atom is -0.356 e. The van der Waals surface area contributed by atoms with E-state index in [4.69, 9.17) is 11.6 Å². The second-order valence-corrected chi connectivity index (χ2v) is 5.70. The maximum atomic E-state index is 6.40. The van der Waals surface area contributed by atoms with E-state index in [1.807, 2.05) is 12.1 Å². The molecule has 0 saturated heterocycles. The maximum Gasteiger partial charge on any atom is 0.0705 e. The number of H-pyrrole nitrogens is 1. The first-order valence-electron chi connectivity index (χ1n) is 6.74. The smallest absolute Gasteiger partial charge is 0.0705 e. The fraction of sp³-hybridized carbons (Fsp3) is 0.467. The first-order chi connectivity index (χ1) is 8.75. The number of para-hydroxylation sites is 1. The SMILES string of the molecule is CC(NCc1[nH]c2ccccc2c1Cl)C1CCC1. The highest BCUT2D eigenvalue weighted by molar-refractivity contribution is 6.36. The van der Waals surface area contributed by atoms with Crippen LogP contribution in [0.25, 0.3) is 10.9 Å². The number of aromatic nitrogens is 1. The molecule has 2 nitrogen and oxygen atoms in total. The van der Waals surface area contributed by atoms with Gasteiger partial charge in [0, 0.05) is 29.2 Å². The Kier molecular flexibility index (Phi) is 3.31. The zero-order valence-electron chi connectivity index (χ0n) is 10.7. The van der Waals surface area contributed by atoms with E-state index in [-0.39, 0.29) is 0 Å². The van der Waals surface area contributed by atoms with Crippen molar-refractivity contribution < 1.29 is 0 Å². The molecule has 3 heteroatoms. The molecule has 1 heterocycles. The van der Waals surface area contributed by atoms with Crippen LogP contribution in [0.1, 0.15) is 31.9 Å². The Morgan fingerprint density at radius 3 is 2.83 bits per heavy atom. The van der Waals surface area contributed by atoms with Gasteiger partial charge in [0.25, 0.3) is 0 Å². The summed E-state index contributed by atoms with van der Waals surface area (Å²) in [4.78, 5) is 3.40. The molecule has 18 heavy (non-hydrogen) atoms. The summed E-state index contributed by atoms with van der Waals surface area (Å²) in [5.41, 5.74) is 2.22. The third kappa shape index (κ3) is 2.15. The topological polar surface area (TPSA) is 27.8 Å². The number of aromatic amines is 1. The zero-order valence-corrected chi connectivity index (χ0v) is 11.4. The minimum absolute atomic E-state index is 0.584. The van der Waals surface area contributed by atoms with Gasteiger partial charge in [0.1, 0.15) is 0 Å². The Bertz CT molecular complexity index is 542. The van der Waals surface area contributed by atoms with Gasteiger partial charge in [-0.2, -0.15) is 0 Å². The van der Waals surface area contributed by atoms with Crippen LogP contribution in [0.5, 0.6) is 0 Å². The van der Waals surface area contributed by atoms with Crippen LogP contribution in [0.3, 0.4) is 0 Å². The van der Waals surface area contributed by atoms with Crippen LogP contribution in [-0.2, 0) is 6.54 Å². The molecule has 1 fully saturated rings. The van der Waals surface area contributed by atoms with Crippen molar-refractivity contribution >= 4 is 22.5 Å². The second-order valence-electron chi connectivity index (χ2n) is 5.32. The Hall–Kier alpha value is -0.990. The third-order valence-corrected chi connectivity index (χ3v) is 4.60. The van der Waals surface area contributed by atoms with Gasteiger partial charge in [-0.3, -0.25) is 0 Å². The lowest BCUT2D eigenvalue weighted by Gasteiger charge is -2.32. The van der Waals surface area contributed by atoms with Gasteiger partial charge in [-0.05, 0) is 31.7 Å². The van der Waals surface area contributed by atoms with Crippen molar-refractivity contribution in [3.63, 3.8) is 0 Å². The highest BCUT2D eigenvalue weighted by atomic mass is 35.5. The van der Waals surface area contributed by atoms with Crippen LogP contribution in [0, 0.1) is 5.92 Å². The molecule has 1 aromatic carbocycles. The van der Waals surface area contributed by atoms with Gasteiger partial charge in [-0.1, -0.05) is 36.2 Å². The van der Waals surface area contributed by atoms with Crippen molar-refractivity contribution in [2.24, 2.45) is 5.92 Å². The highest BCUT2D eigenvalue weighted by Crippen LogP contribution is 2.30. The first kappa shape index (κ1) is 12.1. The van der Waals surface area contributed by atoms with Gasteiger partial charge >= 0.3 is 0 Å². The van der Waals surface area contributed by atoms with E-state index >= 15 is 0 Å². The van der Waals surface area contributed by atoms with Crippen LogP contribution >= 0.6 is 11.6 Å². The Labute approximate surface area is 113 Å². The average Bonchev–Trinajstić information content (AvgIpc) is 2.62. The van der Waals surface area contributed by atoms with Crippen molar-refractivity contribution in [1.29, 1.82) is 0 Å². The monoisotopic (exact) mass is 262 g/mol. The van der Waals surface area contributed by atoms with Crippen LogP contribution in [-0.4, -0.2) is 11.0 Å². The summed E-state index contributed by atoms with van der Waals surface area (Å²) in [7, 11) is 0. The molecule has 0 aliphatic heterocycles. The zero-order chi connectivity index (χ0) is 12.5. The summed E-state index contributed by atoms with van der Waals surface area (Å²) in [5, 5.41) is 5.56. The summed E-state index contributed by atoms with van der Waals surface area (Å²) in [6.45, 7) is 3.10. The lowest BCUT2D eigenvalue weighted by molar-refractivity contribution is 0.239. The molecule has 1 aromatic heterocycles. The average molecular weight is 263 g/mol. The number of fused-ring (bicyclic) bond motifs is 1. The van der Waals surface area contributed by atoms with Crippen molar-refractivity contribution in [1.82, 2.24) is 10.3 Å². The van der Waals surface area contributed by atoms with Crippen molar-refractivity contribution in [3.8, 4) is 0 Å². The number of benzene rings is 1. The van der Waals surface area contributed by atoms with Crippen LogP contribution in [0.2, 0.25) is 5.02 Å². The molecule has 0 bridgehead atoms. The number of hydrogen-bond donors (Lipinski definition) is 2. The molecule has 1 unspecified atom stereocenters. The molecule has 1 aliphatic rings. The third-order valence-electron chi connectivity index (χ3n) is 4.17. The number of rotatable bonds is 4. The van der Waals surface area contributed by atoms with E-state index in [0.717, 1.165) is 34.1 Å². The Balaban J connectivity index is 1.72. The van der Waals surface area contributed by atoms with Crippen molar-refractivity contribution in [2.45, 2.75) is 38.8 Å². The summed E-state index contributed by atoms with van der Waals surface area (Å²) in [6.07, 6.45) is 4.13. The van der Waals surface area contributed by atoms with Crippen LogP contribution < -0.4 is 5.32 Å². The van der Waals surface area contributed by atoms with Gasteiger partial charge in [0.2, 0.25) is 0 Å². The predicted molar refractivity (Wildman–Crippen MR) is 77.0 cm³/mol. The molecule has 2 N–H and O–H groups in total. The largest absolute Gasteiger partial charge is 0.356 e.